The van der Waals surface area contributed by atoms with Gasteiger partial charge in [-0.3, -0.25) is 5.01 Å². The average Bonchev–Trinajstić information content (AvgIpc) is 2.52. The van der Waals surface area contributed by atoms with Crippen molar-refractivity contribution in [2.45, 2.75) is 0 Å². The SMILES string of the molecule is CN(/N=C\c1ccccc1OCC(=O)[O-])c1ccccc1. The third-order valence-corrected chi connectivity index (χ3v) is 2.76. The number of hydrazone groups is 1. The average molecular weight is 283 g/mol. The molecule has 108 valence electrons. The van der Waals surface area contributed by atoms with E-state index in [9.17, 15) is 9.90 Å². The molecule has 0 unspecified atom stereocenters. The van der Waals surface area contributed by atoms with E-state index in [0.717, 1.165) is 5.69 Å². The number of benzene rings is 2. The van der Waals surface area contributed by atoms with E-state index in [2.05, 4.69) is 5.10 Å². The molecule has 0 aliphatic heterocycles. The second-order valence-electron chi connectivity index (χ2n) is 4.30. The van der Waals surface area contributed by atoms with Gasteiger partial charge in [0.2, 0.25) is 0 Å². The molecule has 0 amide bonds. The Morgan fingerprint density at radius 1 is 1.19 bits per heavy atom. The number of carbonyl (C=O) groups excluding carboxylic acids is 1. The first-order valence-electron chi connectivity index (χ1n) is 6.41. The Morgan fingerprint density at radius 3 is 2.57 bits per heavy atom. The number of para-hydroxylation sites is 2. The maximum Gasteiger partial charge on any atom is 0.128 e. The molecule has 5 heteroatoms. The Hall–Kier alpha value is -2.82. The lowest BCUT2D eigenvalue weighted by Gasteiger charge is -2.13. The highest BCUT2D eigenvalue weighted by Gasteiger charge is 2.01. The number of carboxylic acids is 1. The predicted octanol–water partition coefficient (Wildman–Crippen LogP) is 1.29. The topological polar surface area (TPSA) is 65.0 Å². The Labute approximate surface area is 123 Å². The molecule has 0 aliphatic carbocycles. The van der Waals surface area contributed by atoms with Crippen LogP contribution in [0.4, 0.5) is 5.69 Å². The number of aliphatic carboxylic acids is 1. The molecule has 0 atom stereocenters. The van der Waals surface area contributed by atoms with Gasteiger partial charge in [-0.1, -0.05) is 30.3 Å². The summed E-state index contributed by atoms with van der Waals surface area (Å²) in [6, 6.07) is 16.8. The van der Waals surface area contributed by atoms with Gasteiger partial charge < -0.3 is 14.6 Å². The van der Waals surface area contributed by atoms with E-state index in [4.69, 9.17) is 4.74 Å². The molecule has 0 aromatic heterocycles. The number of rotatable bonds is 6. The van der Waals surface area contributed by atoms with Crippen LogP contribution in [0, 0.1) is 0 Å². The zero-order chi connectivity index (χ0) is 15.1. The second-order valence-corrected chi connectivity index (χ2v) is 4.30. The number of carboxylic acid groups (broad SMARTS) is 1. The van der Waals surface area contributed by atoms with Crippen molar-refractivity contribution in [1.29, 1.82) is 0 Å². The van der Waals surface area contributed by atoms with Crippen LogP contribution < -0.4 is 14.9 Å². The summed E-state index contributed by atoms with van der Waals surface area (Å²) in [6.07, 6.45) is 1.62. The van der Waals surface area contributed by atoms with E-state index in [1.807, 2.05) is 43.4 Å². The molecule has 0 saturated carbocycles. The Balaban J connectivity index is 2.11. The molecule has 0 spiro atoms. The van der Waals surface area contributed by atoms with Crippen molar-refractivity contribution in [3.8, 4) is 5.75 Å². The summed E-state index contributed by atoms with van der Waals surface area (Å²) < 4.78 is 5.16. The van der Waals surface area contributed by atoms with Crippen LogP contribution in [-0.2, 0) is 4.79 Å². The van der Waals surface area contributed by atoms with Gasteiger partial charge in [-0.05, 0) is 24.3 Å². The van der Waals surface area contributed by atoms with Crippen molar-refractivity contribution in [2.75, 3.05) is 18.7 Å². The molecule has 0 N–H and O–H groups in total. The summed E-state index contributed by atoms with van der Waals surface area (Å²) in [5.41, 5.74) is 1.64. The van der Waals surface area contributed by atoms with Gasteiger partial charge in [-0.25, -0.2) is 0 Å². The van der Waals surface area contributed by atoms with Crippen LogP contribution in [0.3, 0.4) is 0 Å². The summed E-state index contributed by atoms with van der Waals surface area (Å²) in [5.74, 6) is -0.810. The van der Waals surface area contributed by atoms with E-state index in [-0.39, 0.29) is 0 Å². The fourth-order valence-corrected chi connectivity index (χ4v) is 1.71. The van der Waals surface area contributed by atoms with Gasteiger partial charge in [0.05, 0.1) is 17.9 Å². The number of hydrogen-bond donors (Lipinski definition) is 0. The third kappa shape index (κ3) is 4.35. The predicted molar refractivity (Wildman–Crippen MR) is 79.4 cm³/mol. The van der Waals surface area contributed by atoms with Crippen LogP contribution in [0.1, 0.15) is 5.56 Å². The lowest BCUT2D eigenvalue weighted by atomic mass is 10.2. The van der Waals surface area contributed by atoms with Crippen LogP contribution in [-0.4, -0.2) is 25.8 Å². The molecular formula is C16H15N2O3-. The first kappa shape index (κ1) is 14.6. The largest absolute Gasteiger partial charge is 0.546 e. The lowest BCUT2D eigenvalue weighted by molar-refractivity contribution is -0.307. The van der Waals surface area contributed by atoms with Crippen molar-refractivity contribution in [3.05, 3.63) is 60.2 Å². The zero-order valence-corrected chi connectivity index (χ0v) is 11.6. The molecule has 0 aliphatic rings. The molecule has 2 aromatic rings. The van der Waals surface area contributed by atoms with Crippen molar-refractivity contribution in [2.24, 2.45) is 5.10 Å². The highest BCUT2D eigenvalue weighted by Crippen LogP contribution is 2.17. The summed E-state index contributed by atoms with van der Waals surface area (Å²) in [4.78, 5) is 10.5. The van der Waals surface area contributed by atoms with Gasteiger partial charge in [-0.15, -0.1) is 0 Å². The Bertz CT molecular complexity index is 626. The number of anilines is 1. The minimum Gasteiger partial charge on any atom is -0.546 e. The van der Waals surface area contributed by atoms with Gasteiger partial charge in [0, 0.05) is 12.6 Å². The fraction of sp³-hybridized carbons (Fsp3) is 0.125. The van der Waals surface area contributed by atoms with Crippen molar-refractivity contribution < 1.29 is 14.6 Å². The van der Waals surface area contributed by atoms with Gasteiger partial charge in [0.25, 0.3) is 0 Å². The number of carbonyl (C=O) groups is 1. The van der Waals surface area contributed by atoms with Crippen LogP contribution in [0.25, 0.3) is 0 Å². The minimum atomic E-state index is -1.26. The van der Waals surface area contributed by atoms with Crippen LogP contribution in [0.15, 0.2) is 59.7 Å². The van der Waals surface area contributed by atoms with E-state index < -0.39 is 12.6 Å². The van der Waals surface area contributed by atoms with Crippen molar-refractivity contribution in [1.82, 2.24) is 0 Å². The lowest BCUT2D eigenvalue weighted by Crippen LogP contribution is -2.29. The summed E-state index contributed by atoms with van der Waals surface area (Å²) in [5, 5.41) is 16.5. The summed E-state index contributed by atoms with van der Waals surface area (Å²) in [6.45, 7) is -0.487. The highest BCUT2D eigenvalue weighted by molar-refractivity contribution is 5.84. The summed E-state index contributed by atoms with van der Waals surface area (Å²) >= 11 is 0. The molecule has 0 bridgehead atoms. The molecule has 21 heavy (non-hydrogen) atoms. The first-order valence-corrected chi connectivity index (χ1v) is 6.41. The van der Waals surface area contributed by atoms with Gasteiger partial charge >= 0.3 is 0 Å². The van der Waals surface area contributed by atoms with Gasteiger partial charge in [-0.2, -0.15) is 5.10 Å². The third-order valence-electron chi connectivity index (χ3n) is 2.76. The smallest absolute Gasteiger partial charge is 0.128 e. The zero-order valence-electron chi connectivity index (χ0n) is 11.6. The van der Waals surface area contributed by atoms with Crippen molar-refractivity contribution >= 4 is 17.9 Å². The molecular weight excluding hydrogens is 268 g/mol. The molecule has 0 fully saturated rings. The van der Waals surface area contributed by atoms with E-state index in [0.29, 0.717) is 11.3 Å². The number of nitrogens with zero attached hydrogens (tertiary/aromatic N) is 2. The molecule has 2 aromatic carbocycles. The van der Waals surface area contributed by atoms with Crippen LogP contribution in [0.5, 0.6) is 5.75 Å². The van der Waals surface area contributed by atoms with E-state index in [1.54, 1.807) is 29.4 Å². The normalized spacial score (nSPS) is 10.5. The van der Waals surface area contributed by atoms with E-state index >= 15 is 0 Å². The molecule has 0 saturated heterocycles. The first-order chi connectivity index (χ1) is 10.2. The maximum atomic E-state index is 10.5. The summed E-state index contributed by atoms with van der Waals surface area (Å²) in [7, 11) is 1.83. The Morgan fingerprint density at radius 2 is 1.86 bits per heavy atom. The van der Waals surface area contributed by atoms with Crippen LogP contribution in [0.2, 0.25) is 0 Å². The maximum absolute atomic E-state index is 10.5. The van der Waals surface area contributed by atoms with Crippen molar-refractivity contribution in [3.63, 3.8) is 0 Å². The molecule has 0 radical (unpaired) electrons. The number of ether oxygens (including phenoxy) is 1. The minimum absolute atomic E-state index is 0.451. The fourth-order valence-electron chi connectivity index (χ4n) is 1.71. The van der Waals surface area contributed by atoms with Gasteiger partial charge in [0.1, 0.15) is 12.4 Å². The van der Waals surface area contributed by atoms with Crippen LogP contribution >= 0.6 is 0 Å². The second kappa shape index (κ2) is 7.09. The Kier molecular flexibility index (Phi) is 4.93. The van der Waals surface area contributed by atoms with E-state index in [1.165, 1.54) is 0 Å². The highest BCUT2D eigenvalue weighted by atomic mass is 16.5. The molecule has 2 rings (SSSR count). The monoisotopic (exact) mass is 283 g/mol. The van der Waals surface area contributed by atoms with Gasteiger partial charge in [0.15, 0.2) is 0 Å². The molecule has 0 heterocycles. The quantitative estimate of drug-likeness (QED) is 0.592. The molecule has 5 nitrogen and oxygen atoms in total. The standard InChI is InChI=1S/C16H16N2O3/c1-18(14-8-3-2-4-9-14)17-11-13-7-5-6-10-15(13)21-12-16(19)20/h2-11H,12H2,1H3,(H,19,20)/p-1/b17-11-. The number of hydrogen-bond acceptors (Lipinski definition) is 5.